The fraction of sp³-hybridized carbons (Fsp3) is 0.179. The topological polar surface area (TPSA) is 97.9 Å². The number of hydrogen-bond acceptors (Lipinski definition) is 6. The smallest absolute Gasteiger partial charge is 0.257 e. The van der Waals surface area contributed by atoms with Gasteiger partial charge >= 0.3 is 0 Å². The number of hydrogen-bond donors (Lipinski definition) is 1. The summed E-state index contributed by atoms with van der Waals surface area (Å²) in [6.07, 6.45) is 5.52. The SMILES string of the molecule is Cc1ccc(C(=O)N2CCNC(=O)C2c2ccc(Br)cc2)c(-n2cc(Cn3ccnc3-c3cccs3)nn2)c1. The minimum Gasteiger partial charge on any atom is -0.352 e. The van der Waals surface area contributed by atoms with Gasteiger partial charge in [0.15, 0.2) is 0 Å². The summed E-state index contributed by atoms with van der Waals surface area (Å²) in [5.74, 6) is 0.434. The minimum atomic E-state index is -0.725. The van der Waals surface area contributed by atoms with Gasteiger partial charge in [0.2, 0.25) is 5.91 Å². The van der Waals surface area contributed by atoms with Gasteiger partial charge in [0.25, 0.3) is 5.91 Å². The van der Waals surface area contributed by atoms with E-state index in [1.807, 2.05) is 77.8 Å². The third kappa shape index (κ3) is 5.02. The molecule has 4 heterocycles. The van der Waals surface area contributed by atoms with Gasteiger partial charge in [-0.25, -0.2) is 9.67 Å². The first-order valence-electron chi connectivity index (χ1n) is 12.4. The van der Waals surface area contributed by atoms with Gasteiger partial charge in [-0.2, -0.15) is 0 Å². The average molecular weight is 603 g/mol. The fourth-order valence-electron chi connectivity index (χ4n) is 4.76. The molecule has 196 valence electrons. The Kier molecular flexibility index (Phi) is 6.84. The van der Waals surface area contributed by atoms with Crippen molar-refractivity contribution in [1.29, 1.82) is 0 Å². The summed E-state index contributed by atoms with van der Waals surface area (Å²) in [4.78, 5) is 34.2. The summed E-state index contributed by atoms with van der Waals surface area (Å²) in [6, 6.07) is 16.4. The molecule has 6 rings (SSSR count). The zero-order chi connectivity index (χ0) is 26.9. The number of aromatic nitrogens is 5. The predicted molar refractivity (Wildman–Crippen MR) is 152 cm³/mol. The zero-order valence-corrected chi connectivity index (χ0v) is 23.4. The molecule has 1 atom stereocenters. The first-order valence-corrected chi connectivity index (χ1v) is 14.1. The molecule has 1 fully saturated rings. The van der Waals surface area contributed by atoms with Crippen LogP contribution in [0, 0.1) is 6.92 Å². The molecule has 1 unspecified atom stereocenters. The predicted octanol–water partition coefficient (Wildman–Crippen LogP) is 4.62. The summed E-state index contributed by atoms with van der Waals surface area (Å²) in [6.45, 7) is 3.24. The van der Waals surface area contributed by atoms with Crippen LogP contribution in [0.5, 0.6) is 0 Å². The van der Waals surface area contributed by atoms with Crippen molar-refractivity contribution in [3.05, 3.63) is 105 Å². The van der Waals surface area contributed by atoms with E-state index in [0.717, 1.165) is 32.0 Å². The molecule has 1 N–H and O–H groups in total. The summed E-state index contributed by atoms with van der Waals surface area (Å²) < 4.78 is 4.56. The third-order valence-corrected chi connectivity index (χ3v) is 8.01. The van der Waals surface area contributed by atoms with Crippen LogP contribution in [-0.2, 0) is 11.3 Å². The van der Waals surface area contributed by atoms with Crippen LogP contribution in [0.4, 0.5) is 0 Å². The molecular formula is C28H24BrN7O2S. The van der Waals surface area contributed by atoms with Gasteiger partial charge in [-0.1, -0.05) is 45.4 Å². The van der Waals surface area contributed by atoms with Crippen molar-refractivity contribution in [3.8, 4) is 16.4 Å². The number of benzene rings is 2. The summed E-state index contributed by atoms with van der Waals surface area (Å²) in [5.41, 5.74) is 3.53. The number of nitrogens with one attached hydrogen (secondary N) is 1. The molecule has 1 saturated heterocycles. The Labute approximate surface area is 237 Å². The van der Waals surface area contributed by atoms with Crippen LogP contribution < -0.4 is 5.32 Å². The maximum atomic E-state index is 14.0. The second kappa shape index (κ2) is 10.6. The van der Waals surface area contributed by atoms with Gasteiger partial charge < -0.3 is 14.8 Å². The number of aryl methyl sites for hydroxylation is 1. The van der Waals surface area contributed by atoms with Gasteiger partial charge in [-0.15, -0.1) is 16.4 Å². The lowest BCUT2D eigenvalue weighted by molar-refractivity contribution is -0.128. The molecule has 0 bridgehead atoms. The Bertz CT molecular complexity index is 1640. The van der Waals surface area contributed by atoms with E-state index in [4.69, 9.17) is 0 Å². The second-order valence-corrected chi connectivity index (χ2v) is 11.1. The van der Waals surface area contributed by atoms with Crippen molar-refractivity contribution in [2.45, 2.75) is 19.5 Å². The van der Waals surface area contributed by atoms with Crippen molar-refractivity contribution in [3.63, 3.8) is 0 Å². The van der Waals surface area contributed by atoms with E-state index in [1.165, 1.54) is 0 Å². The molecule has 1 aliphatic rings. The number of carbonyl (C=O) groups excluding carboxylic acids is 2. The molecule has 3 aromatic heterocycles. The van der Waals surface area contributed by atoms with E-state index in [1.54, 1.807) is 33.2 Å². The van der Waals surface area contributed by atoms with Crippen LogP contribution in [-0.4, -0.2) is 54.3 Å². The van der Waals surface area contributed by atoms with Gasteiger partial charge in [-0.3, -0.25) is 9.59 Å². The number of nitrogens with zero attached hydrogens (tertiary/aromatic N) is 6. The lowest BCUT2D eigenvalue weighted by atomic mass is 10.0. The molecule has 2 aromatic carbocycles. The maximum Gasteiger partial charge on any atom is 0.257 e. The van der Waals surface area contributed by atoms with Gasteiger partial charge in [0.1, 0.15) is 17.6 Å². The zero-order valence-electron chi connectivity index (χ0n) is 21.0. The first-order chi connectivity index (χ1) is 19.0. The summed E-state index contributed by atoms with van der Waals surface area (Å²) >= 11 is 5.07. The molecule has 1 aliphatic heterocycles. The number of carbonyl (C=O) groups is 2. The van der Waals surface area contributed by atoms with E-state index < -0.39 is 6.04 Å². The quantitative estimate of drug-likeness (QED) is 0.306. The lowest BCUT2D eigenvalue weighted by Crippen LogP contribution is -2.52. The highest BCUT2D eigenvalue weighted by atomic mass is 79.9. The van der Waals surface area contributed by atoms with E-state index in [9.17, 15) is 9.59 Å². The van der Waals surface area contributed by atoms with Crippen LogP contribution >= 0.6 is 27.3 Å². The number of thiophene rings is 1. The molecule has 5 aromatic rings. The van der Waals surface area contributed by atoms with E-state index in [0.29, 0.717) is 30.9 Å². The van der Waals surface area contributed by atoms with Gasteiger partial charge in [0.05, 0.1) is 28.9 Å². The molecule has 9 nitrogen and oxygen atoms in total. The highest BCUT2D eigenvalue weighted by molar-refractivity contribution is 9.10. The lowest BCUT2D eigenvalue weighted by Gasteiger charge is -2.35. The highest BCUT2D eigenvalue weighted by Gasteiger charge is 2.35. The van der Waals surface area contributed by atoms with Crippen LogP contribution in [0.2, 0.25) is 0 Å². The standard InChI is InChI=1S/C28H24BrN7O2S/c1-18-4-9-22(28(38)35-13-11-31-27(37)25(35)19-5-7-20(29)8-6-19)23(15-18)36-17-21(32-33-36)16-34-12-10-30-26(34)24-3-2-14-39-24/h2-10,12,14-15,17,25H,11,13,16H2,1H3,(H,31,37). The second-order valence-electron chi connectivity index (χ2n) is 9.27. The Morgan fingerprint density at radius 3 is 2.82 bits per heavy atom. The average Bonchev–Trinajstić information content (AvgIpc) is 3.71. The molecule has 0 spiro atoms. The maximum absolute atomic E-state index is 14.0. The van der Waals surface area contributed by atoms with Gasteiger partial charge in [0, 0.05) is 30.0 Å². The van der Waals surface area contributed by atoms with E-state index in [2.05, 4.69) is 36.5 Å². The Morgan fingerprint density at radius 2 is 2.03 bits per heavy atom. The molecule has 0 saturated carbocycles. The normalized spacial score (nSPS) is 15.4. The Morgan fingerprint density at radius 1 is 1.18 bits per heavy atom. The number of halogens is 1. The Balaban J connectivity index is 1.32. The van der Waals surface area contributed by atoms with Gasteiger partial charge in [-0.05, 0) is 53.8 Å². The van der Waals surface area contributed by atoms with Crippen molar-refractivity contribution >= 4 is 39.1 Å². The summed E-state index contributed by atoms with van der Waals surface area (Å²) in [5, 5.41) is 13.7. The molecule has 11 heteroatoms. The molecule has 0 aliphatic carbocycles. The van der Waals surface area contributed by atoms with Crippen molar-refractivity contribution in [2.24, 2.45) is 0 Å². The molecule has 2 amide bonds. The monoisotopic (exact) mass is 601 g/mol. The van der Waals surface area contributed by atoms with Crippen LogP contribution in [0.25, 0.3) is 16.4 Å². The number of rotatable bonds is 6. The van der Waals surface area contributed by atoms with E-state index >= 15 is 0 Å². The van der Waals surface area contributed by atoms with Crippen molar-refractivity contribution < 1.29 is 9.59 Å². The molecule has 39 heavy (non-hydrogen) atoms. The molecular weight excluding hydrogens is 578 g/mol. The van der Waals surface area contributed by atoms with Crippen LogP contribution in [0.3, 0.4) is 0 Å². The largest absolute Gasteiger partial charge is 0.352 e. The summed E-state index contributed by atoms with van der Waals surface area (Å²) in [7, 11) is 0. The first kappa shape index (κ1) is 25.2. The van der Waals surface area contributed by atoms with E-state index in [-0.39, 0.29) is 11.8 Å². The third-order valence-electron chi connectivity index (χ3n) is 6.62. The van der Waals surface area contributed by atoms with Crippen molar-refractivity contribution in [1.82, 2.24) is 34.8 Å². The number of imidazole rings is 1. The number of amides is 2. The Hall–Kier alpha value is -4.09. The minimum absolute atomic E-state index is 0.199. The highest BCUT2D eigenvalue weighted by Crippen LogP contribution is 2.29. The molecule has 0 radical (unpaired) electrons. The van der Waals surface area contributed by atoms with Crippen LogP contribution in [0.15, 0.2) is 83.0 Å². The van der Waals surface area contributed by atoms with Crippen molar-refractivity contribution in [2.75, 3.05) is 13.1 Å². The number of piperazine rings is 1. The fourth-order valence-corrected chi connectivity index (χ4v) is 5.76. The van der Waals surface area contributed by atoms with Crippen LogP contribution in [0.1, 0.15) is 33.2 Å².